The Labute approximate surface area is 112 Å². The van der Waals surface area contributed by atoms with E-state index in [2.05, 4.69) is 25.8 Å². The minimum Gasteiger partial charge on any atom is -0.381 e. The Morgan fingerprint density at radius 1 is 1.28 bits per heavy atom. The van der Waals surface area contributed by atoms with Crippen LogP contribution in [0.3, 0.4) is 0 Å². The minimum atomic E-state index is 0.161. The number of hydrogen-bond donors (Lipinski definition) is 1. The van der Waals surface area contributed by atoms with Crippen LogP contribution in [0, 0.1) is 11.8 Å². The number of nitrogens with zero attached hydrogens (tertiary/aromatic N) is 1. The van der Waals surface area contributed by atoms with Gasteiger partial charge in [0.25, 0.3) is 0 Å². The maximum absolute atomic E-state index is 6.18. The Balaban J connectivity index is 2.14. The third kappa shape index (κ3) is 2.45. The summed E-state index contributed by atoms with van der Waals surface area (Å²) in [5.74, 6) is 1.34. The highest BCUT2D eigenvalue weighted by atomic mass is 16.5. The monoisotopic (exact) mass is 254 g/mol. The lowest BCUT2D eigenvalue weighted by molar-refractivity contribution is -0.0835. The van der Waals surface area contributed by atoms with Crippen molar-refractivity contribution < 1.29 is 4.74 Å². The molecule has 0 aromatic rings. The molecule has 0 amide bonds. The average Bonchev–Trinajstić information content (AvgIpc) is 2.39. The lowest BCUT2D eigenvalue weighted by Crippen LogP contribution is -2.64. The van der Waals surface area contributed by atoms with Crippen molar-refractivity contribution in [3.05, 3.63) is 0 Å². The maximum Gasteiger partial charge on any atom is 0.0509 e. The number of ether oxygens (including phenoxy) is 1. The summed E-state index contributed by atoms with van der Waals surface area (Å²) in [5, 5.41) is 0. The fourth-order valence-electron chi connectivity index (χ4n) is 4.08. The summed E-state index contributed by atoms with van der Waals surface area (Å²) in [5.41, 5.74) is 6.35. The van der Waals surface area contributed by atoms with Crippen LogP contribution in [0.1, 0.15) is 46.0 Å². The molecular formula is C15H30N2O. The second kappa shape index (κ2) is 5.89. The Hall–Kier alpha value is -0.120. The van der Waals surface area contributed by atoms with E-state index in [9.17, 15) is 0 Å². The molecule has 3 nitrogen and oxygen atoms in total. The smallest absolute Gasteiger partial charge is 0.0509 e. The van der Waals surface area contributed by atoms with Crippen LogP contribution in [0.25, 0.3) is 0 Å². The molecule has 0 aromatic heterocycles. The second-order valence-electron chi connectivity index (χ2n) is 6.47. The molecule has 106 valence electrons. The number of rotatable bonds is 3. The van der Waals surface area contributed by atoms with Gasteiger partial charge in [-0.2, -0.15) is 0 Å². The zero-order chi connectivity index (χ0) is 13.2. The first-order valence-corrected chi connectivity index (χ1v) is 7.62. The molecule has 1 aliphatic heterocycles. The number of likely N-dealkylation sites (N-methyl/N-ethyl adjacent to an activating group) is 1. The van der Waals surface area contributed by atoms with Crippen LogP contribution in [0.15, 0.2) is 0 Å². The van der Waals surface area contributed by atoms with Crippen molar-refractivity contribution in [1.82, 2.24) is 4.90 Å². The molecule has 2 rings (SSSR count). The van der Waals surface area contributed by atoms with Gasteiger partial charge in [0.2, 0.25) is 0 Å². The first-order chi connectivity index (χ1) is 8.62. The summed E-state index contributed by atoms with van der Waals surface area (Å²) in [7, 11) is 2.31. The van der Waals surface area contributed by atoms with Crippen molar-refractivity contribution in [1.29, 1.82) is 0 Å². The second-order valence-corrected chi connectivity index (χ2v) is 6.47. The van der Waals surface area contributed by atoms with Crippen molar-refractivity contribution in [2.45, 2.75) is 57.5 Å². The molecule has 1 saturated heterocycles. The van der Waals surface area contributed by atoms with E-state index in [1.165, 1.54) is 25.7 Å². The molecule has 2 fully saturated rings. The normalized spacial score (nSPS) is 42.2. The van der Waals surface area contributed by atoms with Crippen LogP contribution in [-0.4, -0.2) is 43.3 Å². The highest BCUT2D eigenvalue weighted by Gasteiger charge is 2.44. The maximum atomic E-state index is 6.18. The predicted molar refractivity (Wildman–Crippen MR) is 75.6 cm³/mol. The molecular weight excluding hydrogens is 224 g/mol. The van der Waals surface area contributed by atoms with Crippen molar-refractivity contribution in [2.75, 3.05) is 26.8 Å². The number of hydrogen-bond acceptors (Lipinski definition) is 3. The van der Waals surface area contributed by atoms with Gasteiger partial charge in [-0.25, -0.2) is 0 Å². The zero-order valence-corrected chi connectivity index (χ0v) is 12.3. The van der Waals surface area contributed by atoms with Crippen molar-refractivity contribution in [2.24, 2.45) is 17.6 Å². The molecule has 2 aliphatic rings. The quantitative estimate of drug-likeness (QED) is 0.839. The van der Waals surface area contributed by atoms with E-state index in [0.717, 1.165) is 32.1 Å². The molecule has 1 heterocycles. The summed E-state index contributed by atoms with van der Waals surface area (Å²) >= 11 is 0. The van der Waals surface area contributed by atoms with Gasteiger partial charge in [0.05, 0.1) is 6.61 Å². The molecule has 18 heavy (non-hydrogen) atoms. The largest absolute Gasteiger partial charge is 0.381 e. The molecule has 1 aliphatic carbocycles. The Morgan fingerprint density at radius 3 is 2.61 bits per heavy atom. The third-order valence-electron chi connectivity index (χ3n) is 5.58. The molecule has 4 atom stereocenters. The molecule has 0 bridgehead atoms. The van der Waals surface area contributed by atoms with Gasteiger partial charge in [-0.1, -0.05) is 26.7 Å². The number of nitrogens with two attached hydrogens (primary N) is 1. The van der Waals surface area contributed by atoms with Gasteiger partial charge >= 0.3 is 0 Å². The molecule has 3 heteroatoms. The van der Waals surface area contributed by atoms with E-state index in [4.69, 9.17) is 10.5 Å². The molecule has 0 aromatic carbocycles. The Bertz CT molecular complexity index is 271. The van der Waals surface area contributed by atoms with Gasteiger partial charge < -0.3 is 10.5 Å². The van der Waals surface area contributed by atoms with Crippen LogP contribution in [-0.2, 0) is 4.74 Å². The lowest BCUT2D eigenvalue weighted by atomic mass is 9.75. The lowest BCUT2D eigenvalue weighted by Gasteiger charge is -2.53. The third-order valence-corrected chi connectivity index (χ3v) is 5.58. The topological polar surface area (TPSA) is 38.5 Å². The predicted octanol–water partition coefficient (Wildman–Crippen LogP) is 2.25. The van der Waals surface area contributed by atoms with E-state index in [1.807, 2.05) is 0 Å². The standard InChI is InChI=1S/C15H30N2O/c1-12-6-4-5-7-14(12)17(3)15(11-16)8-9-18-10-13(15)2/h12-14H,4-11,16H2,1-3H3. The van der Waals surface area contributed by atoms with E-state index in [1.54, 1.807) is 0 Å². The highest BCUT2D eigenvalue weighted by molar-refractivity contribution is 5.00. The van der Waals surface area contributed by atoms with Crippen LogP contribution in [0.5, 0.6) is 0 Å². The van der Waals surface area contributed by atoms with Gasteiger partial charge in [-0.3, -0.25) is 4.90 Å². The van der Waals surface area contributed by atoms with Crippen molar-refractivity contribution in [3.63, 3.8) is 0 Å². The van der Waals surface area contributed by atoms with E-state index >= 15 is 0 Å². The fourth-order valence-corrected chi connectivity index (χ4v) is 4.08. The molecule has 2 N–H and O–H groups in total. The van der Waals surface area contributed by atoms with E-state index in [0.29, 0.717) is 12.0 Å². The Morgan fingerprint density at radius 2 is 2.00 bits per heavy atom. The van der Waals surface area contributed by atoms with Crippen LogP contribution in [0.2, 0.25) is 0 Å². The van der Waals surface area contributed by atoms with Crippen LogP contribution < -0.4 is 5.73 Å². The van der Waals surface area contributed by atoms with Crippen LogP contribution in [0.4, 0.5) is 0 Å². The first kappa shape index (κ1) is 14.3. The van der Waals surface area contributed by atoms with Gasteiger partial charge in [0, 0.05) is 24.7 Å². The van der Waals surface area contributed by atoms with Crippen LogP contribution >= 0.6 is 0 Å². The van der Waals surface area contributed by atoms with E-state index < -0.39 is 0 Å². The molecule has 0 radical (unpaired) electrons. The zero-order valence-electron chi connectivity index (χ0n) is 12.3. The van der Waals surface area contributed by atoms with Gasteiger partial charge in [-0.05, 0) is 38.1 Å². The SMILES string of the molecule is CC1CCCCC1N(C)C1(CN)CCOCC1C. The summed E-state index contributed by atoms with van der Waals surface area (Å²) in [6.07, 6.45) is 6.59. The molecule has 1 saturated carbocycles. The average molecular weight is 254 g/mol. The first-order valence-electron chi connectivity index (χ1n) is 7.62. The van der Waals surface area contributed by atoms with Crippen molar-refractivity contribution in [3.8, 4) is 0 Å². The highest BCUT2D eigenvalue weighted by Crippen LogP contribution is 2.37. The Kier molecular flexibility index (Phi) is 4.68. The fraction of sp³-hybridized carbons (Fsp3) is 1.00. The summed E-state index contributed by atoms with van der Waals surface area (Å²) in [6, 6.07) is 0.711. The van der Waals surface area contributed by atoms with Crippen molar-refractivity contribution >= 4 is 0 Å². The van der Waals surface area contributed by atoms with Gasteiger partial charge in [0.15, 0.2) is 0 Å². The summed E-state index contributed by atoms with van der Waals surface area (Å²) < 4.78 is 5.62. The summed E-state index contributed by atoms with van der Waals surface area (Å²) in [6.45, 7) is 7.21. The summed E-state index contributed by atoms with van der Waals surface area (Å²) in [4.78, 5) is 2.63. The van der Waals surface area contributed by atoms with E-state index in [-0.39, 0.29) is 5.54 Å². The van der Waals surface area contributed by atoms with Gasteiger partial charge in [-0.15, -0.1) is 0 Å². The molecule has 0 spiro atoms. The van der Waals surface area contributed by atoms with Gasteiger partial charge in [0.1, 0.15) is 0 Å². The minimum absolute atomic E-state index is 0.161. The molecule has 4 unspecified atom stereocenters.